The zero-order valence-corrected chi connectivity index (χ0v) is 9.14. The predicted molar refractivity (Wildman–Crippen MR) is 47.4 cm³/mol. The molecule has 0 heterocycles. The van der Waals surface area contributed by atoms with Crippen molar-refractivity contribution in [2.45, 2.75) is 0 Å². The fourth-order valence-electron chi connectivity index (χ4n) is 0.772. The van der Waals surface area contributed by atoms with Crippen LogP contribution in [0.4, 0.5) is 11.4 Å². The zero-order valence-electron chi connectivity index (χ0n) is 8.38. The summed E-state index contributed by atoms with van der Waals surface area (Å²) < 4.78 is 32.7. The molecule has 7 heteroatoms. The highest BCUT2D eigenvalue weighted by atomic mass is 35.7. The maximum absolute atomic E-state index is 8.60. The van der Waals surface area contributed by atoms with Crippen LogP contribution in [0, 0.1) is 10.2 Å². The predicted octanol–water partition coefficient (Wildman–Crippen LogP) is -2.79. The number of rotatable bonds is 1. The van der Waals surface area contributed by atoms with E-state index in [0.29, 0.717) is 0 Å². The van der Waals surface area contributed by atoms with E-state index < -0.39 is 10.2 Å². The third-order valence-electron chi connectivity index (χ3n) is 1.41. The topological polar surface area (TPSA) is 119 Å². The van der Waals surface area contributed by atoms with Crippen molar-refractivity contribution >= 4 is 11.4 Å². The van der Waals surface area contributed by atoms with E-state index in [1.54, 1.807) is 0 Å². The average Bonchev–Trinajstić information content (AvgIpc) is 2.01. The van der Waals surface area contributed by atoms with Gasteiger partial charge < -0.3 is 10.6 Å². The lowest BCUT2D eigenvalue weighted by Crippen LogP contribution is -2.58. The lowest BCUT2D eigenvalue weighted by molar-refractivity contribution is -1.92. The van der Waals surface area contributed by atoms with Gasteiger partial charge in [-0.25, -0.2) is 0 Å². The number of halogens is 1. The van der Waals surface area contributed by atoms with Crippen LogP contribution < -0.4 is 24.6 Å². The number of hydrogen-bond acceptors (Lipinski definition) is 6. The molecule has 1 rings (SSSR count). The Morgan fingerprint density at radius 2 is 1.47 bits per heavy atom. The molecule has 1 aromatic carbocycles. The smallest absolute Gasteiger partial charge is 0.0777 e. The monoisotopic (exact) mass is 236 g/mol. The summed E-state index contributed by atoms with van der Waals surface area (Å²) in [4.78, 5) is 2.04. The van der Waals surface area contributed by atoms with Crippen molar-refractivity contribution in [2.75, 3.05) is 24.7 Å². The summed E-state index contributed by atoms with van der Waals surface area (Å²) in [5.74, 6) is 0. The van der Waals surface area contributed by atoms with Crippen molar-refractivity contribution in [2.24, 2.45) is 0 Å². The normalized spacial score (nSPS) is 10.3. The van der Waals surface area contributed by atoms with Crippen LogP contribution in [-0.2, 0) is 0 Å². The first-order valence-electron chi connectivity index (χ1n) is 3.86. The average molecular weight is 237 g/mol. The molecule has 0 radical (unpaired) electrons. The minimum absolute atomic E-state index is 0.811. The molecule has 0 spiro atoms. The van der Waals surface area contributed by atoms with Gasteiger partial charge in [-0.3, -0.25) is 0 Å². The SMILES string of the molecule is CN(C)c1ccc(N)cc1.[O-][Cl+3]([O-])([O-])O. The Morgan fingerprint density at radius 3 is 1.73 bits per heavy atom. The molecule has 0 aliphatic carbocycles. The summed E-state index contributed by atoms with van der Waals surface area (Å²) in [6.07, 6.45) is 0. The molecule has 0 amide bonds. The van der Waals surface area contributed by atoms with Crippen LogP contribution in [0.25, 0.3) is 0 Å². The van der Waals surface area contributed by atoms with E-state index >= 15 is 0 Å². The lowest BCUT2D eigenvalue weighted by atomic mass is 10.3. The maximum atomic E-state index is 8.60. The molecule has 0 atom stereocenters. The fraction of sp³-hybridized carbons (Fsp3) is 0.250. The van der Waals surface area contributed by atoms with Gasteiger partial charge in [-0.1, -0.05) is 0 Å². The van der Waals surface area contributed by atoms with Crippen LogP contribution in [0.5, 0.6) is 0 Å². The van der Waals surface area contributed by atoms with Gasteiger partial charge in [0.25, 0.3) is 0 Å². The van der Waals surface area contributed by atoms with Crippen LogP contribution in [0.1, 0.15) is 0 Å². The summed E-state index contributed by atoms with van der Waals surface area (Å²) in [5.41, 5.74) is 7.49. The highest BCUT2D eigenvalue weighted by molar-refractivity contribution is 5.51. The summed E-state index contributed by atoms with van der Waals surface area (Å²) in [7, 11) is -0.683. The molecular weight excluding hydrogens is 224 g/mol. The number of hydrogen-bond donors (Lipinski definition) is 2. The fourth-order valence-corrected chi connectivity index (χ4v) is 0.772. The molecule has 0 fully saturated rings. The molecule has 3 N–H and O–H groups in total. The first-order chi connectivity index (χ1) is 6.70. The van der Waals surface area contributed by atoms with E-state index in [0.717, 1.165) is 5.69 Å². The molecule has 86 valence electrons. The van der Waals surface area contributed by atoms with Gasteiger partial charge in [0.15, 0.2) is 0 Å². The number of nitrogen functional groups attached to an aromatic ring is 1. The summed E-state index contributed by atoms with van der Waals surface area (Å²) >= 11 is 0. The van der Waals surface area contributed by atoms with Gasteiger partial charge in [-0.2, -0.15) is 14.0 Å². The van der Waals surface area contributed by atoms with Crippen LogP contribution in [0.3, 0.4) is 0 Å². The quantitative estimate of drug-likeness (QED) is 0.509. The maximum Gasteiger partial charge on any atom is 0.0777 e. The molecular formula is C8H13ClN2O4. The Labute approximate surface area is 89.9 Å². The van der Waals surface area contributed by atoms with Gasteiger partial charge in [-0.15, -0.1) is 0 Å². The van der Waals surface area contributed by atoms with E-state index in [2.05, 4.69) is 0 Å². The molecule has 0 aliphatic rings. The van der Waals surface area contributed by atoms with Gasteiger partial charge >= 0.3 is 0 Å². The molecule has 15 heavy (non-hydrogen) atoms. The number of anilines is 2. The Bertz CT molecular complexity index is 278. The first-order valence-corrected chi connectivity index (χ1v) is 5.12. The minimum atomic E-state index is -4.69. The van der Waals surface area contributed by atoms with Crippen molar-refractivity contribution in [3.63, 3.8) is 0 Å². The van der Waals surface area contributed by atoms with Crippen LogP contribution in [-0.4, -0.2) is 18.8 Å². The third kappa shape index (κ3) is 9.26. The molecule has 6 nitrogen and oxygen atoms in total. The zero-order chi connectivity index (χ0) is 12.1. The Balaban J connectivity index is 0.000000336. The minimum Gasteiger partial charge on any atom is -0.399 e. The molecule has 1 aromatic rings. The van der Waals surface area contributed by atoms with E-state index in [4.69, 9.17) is 24.4 Å². The summed E-state index contributed by atoms with van der Waals surface area (Å²) in [5, 5.41) is 0. The second kappa shape index (κ2) is 5.74. The molecule has 0 aromatic heterocycles. The van der Waals surface area contributed by atoms with E-state index in [1.807, 2.05) is 43.3 Å². The van der Waals surface area contributed by atoms with Crippen LogP contribution in [0.2, 0.25) is 0 Å². The molecule has 0 saturated heterocycles. The van der Waals surface area contributed by atoms with Gasteiger partial charge in [-0.05, 0) is 24.3 Å². The summed E-state index contributed by atoms with van der Waals surface area (Å²) in [6.45, 7) is 0. The van der Waals surface area contributed by atoms with Gasteiger partial charge in [0, 0.05) is 25.5 Å². The first kappa shape index (κ1) is 13.9. The van der Waals surface area contributed by atoms with Gasteiger partial charge in [0.05, 0.1) is 14.9 Å². The number of nitrogens with zero attached hydrogens (tertiary/aromatic N) is 1. The molecule has 0 saturated carbocycles. The highest BCUT2D eigenvalue weighted by Crippen LogP contribution is 2.12. The van der Waals surface area contributed by atoms with E-state index in [-0.39, 0.29) is 0 Å². The van der Waals surface area contributed by atoms with Crippen LogP contribution >= 0.6 is 0 Å². The lowest BCUT2D eigenvalue weighted by Gasteiger charge is -2.11. The standard InChI is InChI=1S/C8H12N2.ClHO4/c1-10(2)8-5-3-7(9)4-6-8;2-1(3,4)5/h3-6H,9H2,1-2H3;(H,2,3,4,5). The van der Waals surface area contributed by atoms with Crippen molar-refractivity contribution in [3.05, 3.63) is 24.3 Å². The number of nitrogens with two attached hydrogens (primary N) is 1. The Kier molecular flexibility index (Phi) is 5.34. The van der Waals surface area contributed by atoms with E-state index in [9.17, 15) is 0 Å². The molecule has 0 unspecified atom stereocenters. The second-order valence-corrected chi connectivity index (χ2v) is 3.67. The second-order valence-electron chi connectivity index (χ2n) is 2.88. The van der Waals surface area contributed by atoms with Crippen molar-refractivity contribution in [3.8, 4) is 0 Å². The third-order valence-corrected chi connectivity index (χ3v) is 1.41. The van der Waals surface area contributed by atoms with Gasteiger partial charge in [0.2, 0.25) is 0 Å². The molecule has 0 aliphatic heterocycles. The van der Waals surface area contributed by atoms with Gasteiger partial charge in [0.1, 0.15) is 0 Å². The Hall–Kier alpha value is -1.05. The molecule has 0 bridgehead atoms. The summed E-state index contributed by atoms with van der Waals surface area (Å²) in [6, 6.07) is 7.79. The van der Waals surface area contributed by atoms with Crippen molar-refractivity contribution < 1.29 is 28.9 Å². The van der Waals surface area contributed by atoms with Crippen LogP contribution in [0.15, 0.2) is 24.3 Å². The van der Waals surface area contributed by atoms with Crippen molar-refractivity contribution in [1.82, 2.24) is 0 Å². The Morgan fingerprint density at radius 1 is 1.13 bits per heavy atom. The number of benzene rings is 1. The highest BCUT2D eigenvalue weighted by Gasteiger charge is 1.98. The largest absolute Gasteiger partial charge is 0.399 e. The van der Waals surface area contributed by atoms with Crippen molar-refractivity contribution in [1.29, 1.82) is 0 Å². The van der Waals surface area contributed by atoms with E-state index in [1.165, 1.54) is 5.69 Å².